The van der Waals surface area contributed by atoms with Gasteiger partial charge in [0.25, 0.3) is 5.91 Å². The first-order valence-corrected chi connectivity index (χ1v) is 10.9. The molecule has 3 rings (SSSR count). The fraction of sp³-hybridized carbons (Fsp3) is 0.542. The molecule has 0 unspecified atom stereocenters. The average molecular weight is 429 g/mol. The molecule has 1 fully saturated rings. The van der Waals surface area contributed by atoms with Gasteiger partial charge in [0, 0.05) is 38.6 Å². The summed E-state index contributed by atoms with van der Waals surface area (Å²) in [6.45, 7) is 5.31. The van der Waals surface area contributed by atoms with E-state index < -0.39 is 5.60 Å². The minimum atomic E-state index is -0.660. The quantitative estimate of drug-likeness (QED) is 0.722. The van der Waals surface area contributed by atoms with Gasteiger partial charge in [-0.3, -0.25) is 14.4 Å². The number of likely N-dealkylation sites (tertiary alicyclic amines) is 1. The Morgan fingerprint density at radius 2 is 2.13 bits per heavy atom. The van der Waals surface area contributed by atoms with Crippen LogP contribution in [0.25, 0.3) is 0 Å². The summed E-state index contributed by atoms with van der Waals surface area (Å²) in [7, 11) is 1.62. The van der Waals surface area contributed by atoms with E-state index in [-0.39, 0.29) is 35.7 Å². The first kappa shape index (κ1) is 22.8. The van der Waals surface area contributed by atoms with Crippen molar-refractivity contribution in [3.8, 4) is 5.75 Å². The van der Waals surface area contributed by atoms with E-state index in [0.717, 1.165) is 30.6 Å². The second-order valence-electron chi connectivity index (χ2n) is 8.94. The van der Waals surface area contributed by atoms with Gasteiger partial charge in [0.1, 0.15) is 11.4 Å². The van der Waals surface area contributed by atoms with Gasteiger partial charge in [0.05, 0.1) is 7.11 Å². The topological polar surface area (TPSA) is 84.9 Å². The van der Waals surface area contributed by atoms with Crippen molar-refractivity contribution in [2.24, 2.45) is 5.92 Å². The maximum Gasteiger partial charge on any atom is 0.289 e. The Morgan fingerprint density at radius 3 is 2.87 bits per heavy atom. The van der Waals surface area contributed by atoms with Crippen molar-refractivity contribution in [2.75, 3.05) is 20.2 Å². The lowest BCUT2D eigenvalue weighted by Gasteiger charge is -2.36. The molecule has 7 heteroatoms. The van der Waals surface area contributed by atoms with Gasteiger partial charge >= 0.3 is 0 Å². The summed E-state index contributed by atoms with van der Waals surface area (Å²) in [5, 5.41) is 2.95. The molecule has 1 aromatic rings. The number of amides is 2. The van der Waals surface area contributed by atoms with Crippen LogP contribution in [0.2, 0.25) is 0 Å². The number of methoxy groups -OCH3 is 1. The maximum absolute atomic E-state index is 12.9. The van der Waals surface area contributed by atoms with E-state index in [2.05, 4.69) is 5.32 Å². The molecule has 2 aliphatic heterocycles. The number of carbonyl (C=O) groups excluding carboxylic acids is 3. The van der Waals surface area contributed by atoms with Gasteiger partial charge in [0.2, 0.25) is 5.91 Å². The Morgan fingerprint density at radius 1 is 1.32 bits per heavy atom. The molecule has 1 N–H and O–H groups in total. The van der Waals surface area contributed by atoms with Crippen molar-refractivity contribution < 1.29 is 23.9 Å². The number of benzene rings is 1. The summed E-state index contributed by atoms with van der Waals surface area (Å²) in [4.78, 5) is 38.9. The van der Waals surface area contributed by atoms with E-state index in [1.54, 1.807) is 12.0 Å². The number of ketones is 1. The van der Waals surface area contributed by atoms with Gasteiger partial charge in [-0.05, 0) is 56.7 Å². The van der Waals surface area contributed by atoms with Crippen LogP contribution in [0.15, 0.2) is 36.1 Å². The smallest absolute Gasteiger partial charge is 0.289 e. The highest BCUT2D eigenvalue weighted by Crippen LogP contribution is 2.28. The molecule has 0 bridgehead atoms. The van der Waals surface area contributed by atoms with Crippen LogP contribution in [0.3, 0.4) is 0 Å². The van der Waals surface area contributed by atoms with Crippen molar-refractivity contribution >= 4 is 17.6 Å². The number of nitrogens with one attached hydrogen (secondary N) is 1. The van der Waals surface area contributed by atoms with Crippen LogP contribution in [-0.2, 0) is 25.7 Å². The second kappa shape index (κ2) is 9.98. The average Bonchev–Trinajstić information content (AvgIpc) is 2.74. The van der Waals surface area contributed by atoms with Crippen LogP contribution in [0, 0.1) is 5.92 Å². The molecule has 1 aromatic carbocycles. The predicted molar refractivity (Wildman–Crippen MR) is 116 cm³/mol. The van der Waals surface area contributed by atoms with Crippen LogP contribution in [0.5, 0.6) is 5.75 Å². The second-order valence-corrected chi connectivity index (χ2v) is 8.94. The number of rotatable bonds is 7. The summed E-state index contributed by atoms with van der Waals surface area (Å²) in [5.74, 6) is 0.845. The zero-order valence-corrected chi connectivity index (χ0v) is 18.6. The van der Waals surface area contributed by atoms with E-state index in [1.165, 1.54) is 6.08 Å². The highest BCUT2D eigenvalue weighted by molar-refractivity contribution is 6.01. The highest BCUT2D eigenvalue weighted by atomic mass is 16.5. The van der Waals surface area contributed by atoms with Crippen LogP contribution in [-0.4, -0.2) is 48.3 Å². The zero-order valence-electron chi connectivity index (χ0n) is 18.6. The van der Waals surface area contributed by atoms with Crippen molar-refractivity contribution in [1.29, 1.82) is 0 Å². The molecule has 0 aliphatic carbocycles. The number of hydrogen-bond acceptors (Lipinski definition) is 5. The predicted octanol–water partition coefficient (Wildman–Crippen LogP) is 2.98. The van der Waals surface area contributed by atoms with Crippen LogP contribution in [0.4, 0.5) is 0 Å². The lowest BCUT2D eigenvalue weighted by atomic mass is 9.92. The van der Waals surface area contributed by atoms with E-state index in [0.29, 0.717) is 26.1 Å². The number of carbonyl (C=O) groups is 3. The third kappa shape index (κ3) is 6.57. The number of allylic oxidation sites excluding steroid dienone is 1. The Kier molecular flexibility index (Phi) is 7.36. The Labute approximate surface area is 183 Å². The summed E-state index contributed by atoms with van der Waals surface area (Å²) >= 11 is 0. The molecule has 0 saturated carbocycles. The molecule has 31 heavy (non-hydrogen) atoms. The molecule has 168 valence electrons. The third-order valence-electron chi connectivity index (χ3n) is 5.70. The van der Waals surface area contributed by atoms with Crippen molar-refractivity contribution in [1.82, 2.24) is 10.2 Å². The van der Waals surface area contributed by atoms with Crippen LogP contribution in [0.1, 0.15) is 51.5 Å². The number of piperidine rings is 1. The van der Waals surface area contributed by atoms with Crippen molar-refractivity contribution in [3.63, 3.8) is 0 Å². The lowest BCUT2D eigenvalue weighted by Crippen LogP contribution is -2.44. The highest BCUT2D eigenvalue weighted by Gasteiger charge is 2.35. The molecule has 1 saturated heterocycles. The summed E-state index contributed by atoms with van der Waals surface area (Å²) in [6, 6.07) is 7.61. The molecule has 0 aromatic heterocycles. The molecule has 2 amide bonds. The monoisotopic (exact) mass is 428 g/mol. The summed E-state index contributed by atoms with van der Waals surface area (Å²) < 4.78 is 11.0. The lowest BCUT2D eigenvalue weighted by molar-refractivity contribution is -0.139. The van der Waals surface area contributed by atoms with E-state index in [1.807, 2.05) is 38.1 Å². The van der Waals surface area contributed by atoms with E-state index in [9.17, 15) is 14.4 Å². The normalized spacial score (nSPS) is 20.5. The molecule has 1 atom stereocenters. The Bertz CT molecular complexity index is 861. The number of hydrogen-bond donors (Lipinski definition) is 1. The van der Waals surface area contributed by atoms with Gasteiger partial charge in [-0.15, -0.1) is 0 Å². The molecular weight excluding hydrogens is 396 g/mol. The van der Waals surface area contributed by atoms with Gasteiger partial charge < -0.3 is 19.7 Å². The Balaban J connectivity index is 1.46. The molecule has 0 spiro atoms. The fourth-order valence-electron chi connectivity index (χ4n) is 4.13. The molecule has 7 nitrogen and oxygen atoms in total. The first-order valence-electron chi connectivity index (χ1n) is 10.9. The largest absolute Gasteiger partial charge is 0.497 e. The number of nitrogens with zero attached hydrogens (tertiary/aromatic N) is 1. The van der Waals surface area contributed by atoms with Gasteiger partial charge in [-0.25, -0.2) is 0 Å². The molecule has 2 aliphatic rings. The molecule has 0 radical (unpaired) electrons. The van der Waals surface area contributed by atoms with Gasteiger partial charge in [0.15, 0.2) is 11.5 Å². The van der Waals surface area contributed by atoms with Crippen LogP contribution >= 0.6 is 0 Å². The number of ether oxygens (including phenoxy) is 2. The van der Waals surface area contributed by atoms with E-state index >= 15 is 0 Å². The third-order valence-corrected chi connectivity index (χ3v) is 5.70. The standard InChI is InChI=1S/C24H32N2O5/c1-24(2)14-19(27)13-21(31-24)23(29)26-11-5-7-17(16-26)9-10-22(28)25-15-18-6-4-8-20(12-18)30-3/h4,6,8,12-13,17H,5,7,9-11,14-16H2,1-3H3,(H,25,28)/t17-/m1/s1. The zero-order chi connectivity index (χ0) is 22.4. The Hall–Kier alpha value is -2.83. The van der Waals surface area contributed by atoms with Crippen molar-refractivity contribution in [3.05, 3.63) is 41.7 Å². The fourth-order valence-corrected chi connectivity index (χ4v) is 4.13. The summed E-state index contributed by atoms with van der Waals surface area (Å²) in [5.41, 5.74) is 0.327. The minimum absolute atomic E-state index is 0.00283. The SMILES string of the molecule is COc1cccc(CNC(=O)CC[C@H]2CCCN(C(=O)C3=CC(=O)CC(C)(C)O3)C2)c1. The van der Waals surface area contributed by atoms with Gasteiger partial charge in [-0.2, -0.15) is 0 Å². The maximum atomic E-state index is 12.9. The van der Waals surface area contributed by atoms with Crippen molar-refractivity contribution in [2.45, 2.75) is 58.1 Å². The summed E-state index contributed by atoms with van der Waals surface area (Å²) in [6.07, 6.45) is 4.60. The first-order chi connectivity index (χ1) is 14.8. The van der Waals surface area contributed by atoms with E-state index in [4.69, 9.17) is 9.47 Å². The van der Waals surface area contributed by atoms with Crippen LogP contribution < -0.4 is 10.1 Å². The molecule has 2 heterocycles. The molecular formula is C24H32N2O5. The minimum Gasteiger partial charge on any atom is -0.497 e. The van der Waals surface area contributed by atoms with Gasteiger partial charge in [-0.1, -0.05) is 12.1 Å².